The Balaban J connectivity index is 1.36. The minimum absolute atomic E-state index is 0.0572. The van der Waals surface area contributed by atoms with Gasteiger partial charge in [-0.25, -0.2) is 4.98 Å². The van der Waals surface area contributed by atoms with Crippen LogP contribution >= 0.6 is 11.8 Å². The fourth-order valence-corrected chi connectivity index (χ4v) is 6.85. The molecule has 2 aliphatic carbocycles. The van der Waals surface area contributed by atoms with Gasteiger partial charge in [-0.2, -0.15) is 0 Å². The topological polar surface area (TPSA) is 45.8 Å². The maximum atomic E-state index is 13.6. The van der Waals surface area contributed by atoms with Gasteiger partial charge in [-0.05, 0) is 48.6 Å². The van der Waals surface area contributed by atoms with Gasteiger partial charge in [-0.1, -0.05) is 112 Å². The Labute approximate surface area is 213 Å². The average Bonchev–Trinajstić information content (AvgIpc) is 2.89. The standard InChI is InChI=1S/C31H36N2OS/c1-22(23-14-5-3-6-15-23)13-11-12-20-35-30-32-28-26-19-10-9-16-24(26)21-31(2,27(28)29(34)33-30)25-17-7-4-8-18-25/h3,5-6,9-12,14-16,19,22,25H,4,7-8,13,17-18,20-21H2,1-2H3,(H,32,33,34)/b12-11+/t22-,31-/m1/s1. The van der Waals surface area contributed by atoms with Crippen molar-refractivity contribution >= 4 is 11.8 Å². The van der Waals surface area contributed by atoms with Crippen LogP contribution in [0.4, 0.5) is 0 Å². The second-order valence-electron chi connectivity index (χ2n) is 10.5. The van der Waals surface area contributed by atoms with Crippen LogP contribution in [0.25, 0.3) is 11.3 Å². The van der Waals surface area contributed by atoms with Gasteiger partial charge < -0.3 is 4.98 Å². The molecule has 0 bridgehead atoms. The molecule has 2 aromatic carbocycles. The number of hydrogen-bond donors (Lipinski definition) is 1. The van der Waals surface area contributed by atoms with Crippen LogP contribution in [0.15, 0.2) is 76.7 Å². The van der Waals surface area contributed by atoms with E-state index >= 15 is 0 Å². The summed E-state index contributed by atoms with van der Waals surface area (Å²) in [7, 11) is 0. The lowest BCUT2D eigenvalue weighted by Crippen LogP contribution is -2.43. The highest BCUT2D eigenvalue weighted by atomic mass is 32.2. The monoisotopic (exact) mass is 484 g/mol. The Morgan fingerprint density at radius 3 is 2.60 bits per heavy atom. The lowest BCUT2D eigenvalue weighted by atomic mass is 9.60. The Morgan fingerprint density at radius 2 is 1.80 bits per heavy atom. The van der Waals surface area contributed by atoms with Gasteiger partial charge in [0.15, 0.2) is 5.16 Å². The smallest absolute Gasteiger partial charge is 0.255 e. The number of thioether (sulfide) groups is 1. The zero-order valence-corrected chi connectivity index (χ0v) is 21.7. The average molecular weight is 485 g/mol. The summed E-state index contributed by atoms with van der Waals surface area (Å²) in [6.07, 6.45) is 12.7. The summed E-state index contributed by atoms with van der Waals surface area (Å²) in [4.78, 5) is 21.8. The molecule has 2 aliphatic rings. The summed E-state index contributed by atoms with van der Waals surface area (Å²) in [6.45, 7) is 4.58. The summed E-state index contributed by atoms with van der Waals surface area (Å²) in [5.41, 5.74) is 5.56. The second kappa shape index (κ2) is 10.6. The predicted octanol–water partition coefficient (Wildman–Crippen LogP) is 7.67. The number of aromatic amines is 1. The van der Waals surface area contributed by atoms with E-state index in [2.05, 4.69) is 85.6 Å². The molecule has 2 atom stereocenters. The first-order valence-corrected chi connectivity index (χ1v) is 14.1. The number of fused-ring (bicyclic) bond motifs is 3. The van der Waals surface area contributed by atoms with Crippen molar-refractivity contribution in [3.05, 3.63) is 93.8 Å². The van der Waals surface area contributed by atoms with Gasteiger partial charge in [0, 0.05) is 16.7 Å². The van der Waals surface area contributed by atoms with E-state index in [1.54, 1.807) is 11.8 Å². The van der Waals surface area contributed by atoms with Crippen molar-refractivity contribution in [2.24, 2.45) is 5.92 Å². The summed E-state index contributed by atoms with van der Waals surface area (Å²) in [6, 6.07) is 19.2. The van der Waals surface area contributed by atoms with E-state index in [0.29, 0.717) is 11.8 Å². The molecular formula is C31H36N2OS. The minimum Gasteiger partial charge on any atom is -0.301 e. The first-order chi connectivity index (χ1) is 17.1. The molecule has 1 fully saturated rings. The van der Waals surface area contributed by atoms with Gasteiger partial charge in [0.25, 0.3) is 5.56 Å². The van der Waals surface area contributed by atoms with E-state index in [-0.39, 0.29) is 11.0 Å². The summed E-state index contributed by atoms with van der Waals surface area (Å²) >= 11 is 1.61. The lowest BCUT2D eigenvalue weighted by molar-refractivity contribution is 0.213. The molecule has 3 aromatic rings. The van der Waals surface area contributed by atoms with Crippen LogP contribution < -0.4 is 5.56 Å². The lowest BCUT2D eigenvalue weighted by Gasteiger charge is -2.43. The normalized spacial score (nSPS) is 21.0. The van der Waals surface area contributed by atoms with Crippen LogP contribution in [0.1, 0.15) is 75.0 Å². The van der Waals surface area contributed by atoms with Crippen molar-refractivity contribution in [2.45, 2.75) is 75.3 Å². The summed E-state index contributed by atoms with van der Waals surface area (Å²) in [5, 5.41) is 0.720. The van der Waals surface area contributed by atoms with E-state index in [1.807, 2.05) is 0 Å². The van der Waals surface area contributed by atoms with E-state index in [1.165, 1.54) is 43.2 Å². The van der Waals surface area contributed by atoms with Crippen LogP contribution in [-0.4, -0.2) is 15.7 Å². The number of rotatable bonds is 7. The van der Waals surface area contributed by atoms with Gasteiger partial charge in [-0.3, -0.25) is 4.79 Å². The molecule has 1 heterocycles. The van der Waals surface area contributed by atoms with Crippen molar-refractivity contribution in [1.82, 2.24) is 9.97 Å². The Bertz CT molecular complexity index is 1240. The largest absolute Gasteiger partial charge is 0.301 e. The van der Waals surface area contributed by atoms with Crippen LogP contribution in [0.2, 0.25) is 0 Å². The molecule has 1 saturated carbocycles. The number of benzene rings is 2. The van der Waals surface area contributed by atoms with Gasteiger partial charge in [-0.15, -0.1) is 0 Å². The van der Waals surface area contributed by atoms with E-state index in [4.69, 9.17) is 4.98 Å². The molecule has 1 N–H and O–H groups in total. The highest BCUT2D eigenvalue weighted by Gasteiger charge is 2.44. The third-order valence-corrected chi connectivity index (χ3v) is 8.97. The zero-order valence-electron chi connectivity index (χ0n) is 20.9. The van der Waals surface area contributed by atoms with Crippen molar-refractivity contribution in [3.63, 3.8) is 0 Å². The quantitative estimate of drug-likeness (QED) is 0.213. The van der Waals surface area contributed by atoms with E-state index in [0.717, 1.165) is 40.6 Å². The number of H-pyrrole nitrogens is 1. The summed E-state index contributed by atoms with van der Waals surface area (Å²) in [5.74, 6) is 1.83. The zero-order chi connectivity index (χ0) is 24.3. The van der Waals surface area contributed by atoms with Gasteiger partial charge >= 0.3 is 0 Å². The molecular weight excluding hydrogens is 448 g/mol. The molecule has 0 aliphatic heterocycles. The van der Waals surface area contributed by atoms with Crippen LogP contribution in [0.5, 0.6) is 0 Å². The van der Waals surface area contributed by atoms with Crippen molar-refractivity contribution in [1.29, 1.82) is 0 Å². The molecule has 0 unspecified atom stereocenters. The van der Waals surface area contributed by atoms with Gasteiger partial charge in [0.2, 0.25) is 0 Å². The molecule has 4 heteroatoms. The Morgan fingerprint density at radius 1 is 1.06 bits per heavy atom. The fourth-order valence-electron chi connectivity index (χ4n) is 6.14. The molecule has 0 radical (unpaired) electrons. The van der Waals surface area contributed by atoms with E-state index in [9.17, 15) is 4.79 Å². The number of nitrogens with zero attached hydrogens (tertiary/aromatic N) is 1. The molecule has 35 heavy (non-hydrogen) atoms. The van der Waals surface area contributed by atoms with Gasteiger partial charge in [0.05, 0.1) is 11.3 Å². The second-order valence-corrected chi connectivity index (χ2v) is 11.5. The molecule has 5 rings (SSSR count). The highest BCUT2D eigenvalue weighted by molar-refractivity contribution is 7.99. The maximum Gasteiger partial charge on any atom is 0.255 e. The molecule has 3 nitrogen and oxygen atoms in total. The van der Waals surface area contributed by atoms with Crippen molar-refractivity contribution < 1.29 is 0 Å². The predicted molar refractivity (Wildman–Crippen MR) is 147 cm³/mol. The SMILES string of the molecule is C[C@H](C/C=C/CSc1nc2c(c(=O)[nH]1)[C@@](C)(C1CCCCC1)Cc1ccccc1-2)c1ccccc1. The van der Waals surface area contributed by atoms with Crippen molar-refractivity contribution in [3.8, 4) is 11.3 Å². The Hall–Kier alpha value is -2.59. The molecule has 182 valence electrons. The number of aromatic nitrogens is 2. The molecule has 0 saturated heterocycles. The molecule has 1 aromatic heterocycles. The number of nitrogens with one attached hydrogen (secondary N) is 1. The number of allylic oxidation sites excluding steroid dienone is 1. The first kappa shape index (κ1) is 24.1. The third-order valence-electron chi connectivity index (χ3n) is 8.15. The first-order valence-electron chi connectivity index (χ1n) is 13.1. The maximum absolute atomic E-state index is 13.6. The van der Waals surface area contributed by atoms with Crippen LogP contribution in [0.3, 0.4) is 0 Å². The Kier molecular flexibility index (Phi) is 7.29. The van der Waals surface area contributed by atoms with Gasteiger partial charge in [0.1, 0.15) is 0 Å². The summed E-state index contributed by atoms with van der Waals surface area (Å²) < 4.78 is 0. The fraction of sp³-hybridized carbons (Fsp3) is 0.419. The molecule has 0 amide bonds. The van der Waals surface area contributed by atoms with Crippen molar-refractivity contribution in [2.75, 3.05) is 5.75 Å². The van der Waals surface area contributed by atoms with Crippen LogP contribution in [0, 0.1) is 5.92 Å². The number of hydrogen-bond acceptors (Lipinski definition) is 3. The van der Waals surface area contributed by atoms with E-state index < -0.39 is 0 Å². The molecule has 0 spiro atoms. The van der Waals surface area contributed by atoms with Crippen LogP contribution in [-0.2, 0) is 11.8 Å². The third kappa shape index (κ3) is 5.04. The minimum atomic E-state index is -0.151. The highest BCUT2D eigenvalue weighted by Crippen LogP contribution is 2.48.